The molecule has 0 unspecified atom stereocenters. The largest absolute Gasteiger partial charge is 0.265 e. The molecule has 0 saturated heterocycles. The van der Waals surface area contributed by atoms with E-state index in [1.807, 2.05) is 6.07 Å². The zero-order valence-electron chi connectivity index (χ0n) is 6.60. The van der Waals surface area contributed by atoms with Crippen LogP contribution in [0.4, 0.5) is 0 Å². The van der Waals surface area contributed by atoms with Gasteiger partial charge in [-0.1, -0.05) is 6.07 Å². The van der Waals surface area contributed by atoms with Crippen molar-refractivity contribution in [2.75, 3.05) is 0 Å². The maximum atomic E-state index is 8.60. The van der Waals surface area contributed by atoms with Crippen molar-refractivity contribution in [1.82, 2.24) is 20.2 Å². The van der Waals surface area contributed by atoms with E-state index in [0.29, 0.717) is 17.2 Å². The van der Waals surface area contributed by atoms with Gasteiger partial charge in [-0.25, -0.2) is 9.97 Å². The van der Waals surface area contributed by atoms with Crippen LogP contribution in [0.25, 0.3) is 11.5 Å². The van der Waals surface area contributed by atoms with Crippen LogP contribution in [-0.4, -0.2) is 20.2 Å². The van der Waals surface area contributed by atoms with E-state index in [2.05, 4.69) is 20.2 Å². The molecule has 2 heterocycles. The van der Waals surface area contributed by atoms with Gasteiger partial charge in [0.05, 0.1) is 0 Å². The van der Waals surface area contributed by atoms with Crippen molar-refractivity contribution in [3.05, 3.63) is 30.2 Å². The molecule has 0 aliphatic heterocycles. The highest BCUT2D eigenvalue weighted by Gasteiger charge is 2.02. The third kappa shape index (κ3) is 1.37. The van der Waals surface area contributed by atoms with E-state index in [0.717, 1.165) is 0 Å². The van der Waals surface area contributed by atoms with Crippen LogP contribution in [0.5, 0.6) is 0 Å². The Bertz CT molecular complexity index is 440. The van der Waals surface area contributed by atoms with Crippen molar-refractivity contribution in [2.45, 2.75) is 0 Å². The number of aromatic amines is 1. The van der Waals surface area contributed by atoms with Gasteiger partial charge in [-0.3, -0.25) is 5.10 Å². The fourth-order valence-electron chi connectivity index (χ4n) is 0.954. The first kappa shape index (κ1) is 7.43. The summed E-state index contributed by atoms with van der Waals surface area (Å²) in [7, 11) is 0. The number of nitrogens with zero attached hydrogens (tertiary/aromatic N) is 4. The molecule has 13 heavy (non-hydrogen) atoms. The highest BCUT2D eigenvalue weighted by atomic mass is 15.2. The van der Waals surface area contributed by atoms with Gasteiger partial charge in [0.2, 0.25) is 0 Å². The van der Waals surface area contributed by atoms with E-state index >= 15 is 0 Å². The Hall–Kier alpha value is -2.22. The number of aromatic nitrogens is 4. The van der Waals surface area contributed by atoms with E-state index in [1.54, 1.807) is 18.2 Å². The van der Waals surface area contributed by atoms with Gasteiger partial charge in [0, 0.05) is 0 Å². The highest BCUT2D eigenvalue weighted by Crippen LogP contribution is 2.09. The maximum absolute atomic E-state index is 8.60. The summed E-state index contributed by atoms with van der Waals surface area (Å²) < 4.78 is 0. The minimum atomic E-state index is 0.363. The molecule has 62 valence electrons. The third-order valence-electron chi connectivity index (χ3n) is 1.51. The molecule has 0 aliphatic carbocycles. The predicted octanol–water partition coefficient (Wildman–Crippen LogP) is 0.738. The van der Waals surface area contributed by atoms with Gasteiger partial charge in [0.1, 0.15) is 23.8 Å². The Balaban J connectivity index is 2.49. The minimum Gasteiger partial charge on any atom is -0.265 e. The lowest BCUT2D eigenvalue weighted by Gasteiger charge is -1.92. The molecule has 2 rings (SSSR count). The summed E-state index contributed by atoms with van der Waals surface area (Å²) in [5.74, 6) is 0.497. The molecule has 0 radical (unpaired) electrons. The number of nitrogens with one attached hydrogen (secondary N) is 1. The first-order valence-corrected chi connectivity index (χ1v) is 3.63. The molecule has 0 bridgehead atoms. The van der Waals surface area contributed by atoms with E-state index in [-0.39, 0.29) is 0 Å². The summed E-state index contributed by atoms with van der Waals surface area (Å²) >= 11 is 0. The third-order valence-corrected chi connectivity index (χ3v) is 1.51. The van der Waals surface area contributed by atoms with E-state index in [4.69, 9.17) is 5.26 Å². The van der Waals surface area contributed by atoms with Crippen molar-refractivity contribution in [3.8, 4) is 17.6 Å². The second-order valence-corrected chi connectivity index (χ2v) is 2.34. The van der Waals surface area contributed by atoms with Gasteiger partial charge in [-0.05, 0) is 12.1 Å². The Morgan fingerprint density at radius 1 is 1.38 bits per heavy atom. The molecular formula is C8H5N5. The Labute approximate surface area is 74.1 Å². The molecule has 0 spiro atoms. The van der Waals surface area contributed by atoms with Crippen LogP contribution in [0.15, 0.2) is 24.5 Å². The smallest absolute Gasteiger partial charge is 0.199 e. The molecule has 0 amide bonds. The number of hydrogen-bond donors (Lipinski definition) is 1. The van der Waals surface area contributed by atoms with Crippen molar-refractivity contribution in [1.29, 1.82) is 5.26 Å². The summed E-state index contributed by atoms with van der Waals surface area (Å²) in [6, 6.07) is 7.09. The van der Waals surface area contributed by atoms with Crippen LogP contribution in [0.1, 0.15) is 5.69 Å². The Kier molecular flexibility index (Phi) is 1.73. The van der Waals surface area contributed by atoms with Crippen LogP contribution in [0, 0.1) is 11.3 Å². The molecule has 0 saturated carbocycles. The molecule has 5 nitrogen and oxygen atoms in total. The fourth-order valence-corrected chi connectivity index (χ4v) is 0.954. The van der Waals surface area contributed by atoms with Crippen LogP contribution in [-0.2, 0) is 0 Å². The average Bonchev–Trinajstić information content (AvgIpc) is 2.71. The number of H-pyrrole nitrogens is 1. The van der Waals surface area contributed by atoms with E-state index < -0.39 is 0 Å². The zero-order valence-corrected chi connectivity index (χ0v) is 6.60. The molecule has 0 aromatic carbocycles. The van der Waals surface area contributed by atoms with Gasteiger partial charge >= 0.3 is 0 Å². The summed E-state index contributed by atoms with van der Waals surface area (Å²) in [5, 5.41) is 15.0. The molecule has 1 N–H and O–H groups in total. The SMILES string of the molecule is N#Cc1cccc(-c2nc[nH]n2)n1. The molecule has 0 aliphatic rings. The van der Waals surface area contributed by atoms with Crippen LogP contribution in [0.3, 0.4) is 0 Å². The monoisotopic (exact) mass is 171 g/mol. The quantitative estimate of drug-likeness (QED) is 0.686. The number of hydrogen-bond acceptors (Lipinski definition) is 4. The normalized spacial score (nSPS) is 9.46. The number of rotatable bonds is 1. The molecule has 0 fully saturated rings. The lowest BCUT2D eigenvalue weighted by atomic mass is 10.3. The average molecular weight is 171 g/mol. The fraction of sp³-hybridized carbons (Fsp3) is 0. The van der Waals surface area contributed by atoms with Gasteiger partial charge < -0.3 is 0 Å². The van der Waals surface area contributed by atoms with Crippen molar-refractivity contribution < 1.29 is 0 Å². The Morgan fingerprint density at radius 3 is 3.00 bits per heavy atom. The summed E-state index contributed by atoms with van der Waals surface area (Å²) in [6.07, 6.45) is 1.47. The van der Waals surface area contributed by atoms with Crippen molar-refractivity contribution >= 4 is 0 Å². The lowest BCUT2D eigenvalue weighted by molar-refractivity contribution is 1.08. The first-order chi connectivity index (χ1) is 6.40. The van der Waals surface area contributed by atoms with Crippen LogP contribution in [0.2, 0.25) is 0 Å². The van der Waals surface area contributed by atoms with Gasteiger partial charge in [-0.2, -0.15) is 10.4 Å². The second-order valence-electron chi connectivity index (χ2n) is 2.34. The highest BCUT2D eigenvalue weighted by molar-refractivity contribution is 5.49. The Morgan fingerprint density at radius 2 is 2.31 bits per heavy atom. The van der Waals surface area contributed by atoms with Crippen LogP contribution < -0.4 is 0 Å². The van der Waals surface area contributed by atoms with Gasteiger partial charge in [0.15, 0.2) is 5.82 Å². The standard InChI is InChI=1S/C8H5N5/c9-4-6-2-1-3-7(12-6)8-10-5-11-13-8/h1-3,5H,(H,10,11,13). The second kappa shape index (κ2) is 3.03. The number of pyridine rings is 1. The summed E-state index contributed by atoms with van der Waals surface area (Å²) in [5.41, 5.74) is 0.961. The molecule has 0 atom stereocenters. The van der Waals surface area contributed by atoms with E-state index in [1.165, 1.54) is 6.33 Å². The lowest BCUT2D eigenvalue weighted by Crippen LogP contribution is -1.88. The predicted molar refractivity (Wildman–Crippen MR) is 44.3 cm³/mol. The van der Waals surface area contributed by atoms with Gasteiger partial charge in [0.25, 0.3) is 0 Å². The molecule has 2 aromatic rings. The van der Waals surface area contributed by atoms with Crippen LogP contribution >= 0.6 is 0 Å². The topological polar surface area (TPSA) is 78.2 Å². The van der Waals surface area contributed by atoms with Crippen molar-refractivity contribution in [2.24, 2.45) is 0 Å². The van der Waals surface area contributed by atoms with Gasteiger partial charge in [-0.15, -0.1) is 0 Å². The molecule has 2 aromatic heterocycles. The zero-order chi connectivity index (χ0) is 9.10. The van der Waals surface area contributed by atoms with Crippen molar-refractivity contribution in [3.63, 3.8) is 0 Å². The van der Waals surface area contributed by atoms with E-state index in [9.17, 15) is 0 Å². The summed E-state index contributed by atoms with van der Waals surface area (Å²) in [4.78, 5) is 7.95. The first-order valence-electron chi connectivity index (χ1n) is 3.63. The minimum absolute atomic E-state index is 0.363. The molecular weight excluding hydrogens is 166 g/mol. The molecule has 5 heteroatoms. The summed E-state index contributed by atoms with van der Waals surface area (Å²) in [6.45, 7) is 0. The maximum Gasteiger partial charge on any atom is 0.199 e. The number of nitriles is 1.